The molecule has 0 fully saturated rings. The quantitative estimate of drug-likeness (QED) is 0.318. The Morgan fingerprint density at radius 2 is 1.67 bits per heavy atom. The van der Waals surface area contributed by atoms with Crippen LogP contribution in [0.25, 0.3) is 44.7 Å². The van der Waals surface area contributed by atoms with Crippen molar-refractivity contribution in [3.63, 3.8) is 0 Å². The van der Waals surface area contributed by atoms with E-state index in [1.165, 1.54) is 22.0 Å². The number of aromatic nitrogens is 3. The minimum Gasteiger partial charge on any atom is -0.295 e. The molecule has 0 N–H and O–H groups in total. The van der Waals surface area contributed by atoms with Gasteiger partial charge in [0.1, 0.15) is 5.82 Å². The molecule has 0 saturated carbocycles. The van der Waals surface area contributed by atoms with Crippen molar-refractivity contribution in [2.75, 3.05) is 0 Å². The molecule has 0 radical (unpaired) electrons. The van der Waals surface area contributed by atoms with Crippen molar-refractivity contribution in [1.82, 2.24) is 14.5 Å². The zero-order valence-corrected chi connectivity index (χ0v) is 17.9. The number of hydrogen-bond acceptors (Lipinski definition) is 3. The van der Waals surface area contributed by atoms with Crippen molar-refractivity contribution < 1.29 is 0 Å². The first kappa shape index (κ1) is 18.3. The molecular weight excluding hydrogens is 404 g/mol. The van der Waals surface area contributed by atoms with E-state index >= 15 is 0 Å². The van der Waals surface area contributed by atoms with Crippen molar-refractivity contribution in [1.29, 1.82) is 0 Å². The number of aliphatic imine (C=N–C) groups is 1. The Hall–Kier alpha value is -4.31. The van der Waals surface area contributed by atoms with Crippen molar-refractivity contribution in [3.05, 3.63) is 109 Å². The number of benzene rings is 3. The molecule has 0 spiro atoms. The first-order chi connectivity index (χ1) is 16.4. The third kappa shape index (κ3) is 2.74. The van der Waals surface area contributed by atoms with Crippen LogP contribution in [0.1, 0.15) is 23.6 Å². The van der Waals surface area contributed by atoms with E-state index in [2.05, 4.69) is 87.3 Å². The van der Waals surface area contributed by atoms with Gasteiger partial charge < -0.3 is 0 Å². The van der Waals surface area contributed by atoms with E-state index in [0.29, 0.717) is 0 Å². The predicted molar refractivity (Wildman–Crippen MR) is 134 cm³/mol. The van der Waals surface area contributed by atoms with Crippen molar-refractivity contribution in [3.8, 4) is 28.3 Å². The highest BCUT2D eigenvalue weighted by Crippen LogP contribution is 2.50. The minimum absolute atomic E-state index is 0.186. The lowest BCUT2D eigenvalue weighted by atomic mass is 9.79. The average Bonchev–Trinajstić information content (AvgIpc) is 3.30. The highest BCUT2D eigenvalue weighted by molar-refractivity contribution is 5.93. The SMILES string of the molecule is C1=NC=C2c3cnccc3-c3nc(-c4ccccc4)n(-c4ccc5ccccc5c4)c3C2C1. The van der Waals surface area contributed by atoms with Crippen molar-refractivity contribution >= 4 is 22.6 Å². The maximum absolute atomic E-state index is 5.27. The molecule has 7 rings (SSSR count). The maximum Gasteiger partial charge on any atom is 0.145 e. The van der Waals surface area contributed by atoms with Gasteiger partial charge in [-0.2, -0.15) is 0 Å². The van der Waals surface area contributed by atoms with E-state index in [9.17, 15) is 0 Å². The lowest BCUT2D eigenvalue weighted by Crippen LogP contribution is -2.17. The third-order valence-corrected chi connectivity index (χ3v) is 6.69. The fourth-order valence-electron chi connectivity index (χ4n) is 5.17. The van der Waals surface area contributed by atoms with Crippen molar-refractivity contribution in [2.24, 2.45) is 4.99 Å². The molecule has 3 aromatic carbocycles. The van der Waals surface area contributed by atoms with Gasteiger partial charge in [-0.25, -0.2) is 4.98 Å². The molecule has 1 aliphatic carbocycles. The summed E-state index contributed by atoms with van der Waals surface area (Å²) in [5.41, 5.74) is 7.96. The standard InChI is InChI=1S/C29H20N4/c1-2-7-20(8-3-1)29-32-27-23-12-14-30-17-25(23)26-18-31-15-13-24(26)28(27)33(29)22-11-10-19-6-4-5-9-21(19)16-22/h1-12,14-18,24H,13H2. The van der Waals surface area contributed by atoms with Crippen LogP contribution in [0, 0.1) is 0 Å². The van der Waals surface area contributed by atoms with E-state index in [4.69, 9.17) is 4.98 Å². The van der Waals surface area contributed by atoms with Crippen LogP contribution >= 0.6 is 0 Å². The van der Waals surface area contributed by atoms with Crippen molar-refractivity contribution in [2.45, 2.75) is 12.3 Å². The molecule has 0 bridgehead atoms. The summed E-state index contributed by atoms with van der Waals surface area (Å²) in [4.78, 5) is 14.2. The summed E-state index contributed by atoms with van der Waals surface area (Å²) < 4.78 is 2.36. The van der Waals surface area contributed by atoms with E-state index in [0.717, 1.165) is 40.3 Å². The van der Waals surface area contributed by atoms with Crippen LogP contribution in [0.4, 0.5) is 0 Å². The molecule has 5 aromatic rings. The van der Waals surface area contributed by atoms with Gasteiger partial charge in [0.15, 0.2) is 0 Å². The lowest BCUT2D eigenvalue weighted by molar-refractivity contribution is 0.820. The van der Waals surface area contributed by atoms with Gasteiger partial charge in [0.25, 0.3) is 0 Å². The highest BCUT2D eigenvalue weighted by Gasteiger charge is 2.36. The number of hydrogen-bond donors (Lipinski definition) is 0. The van der Waals surface area contributed by atoms with Gasteiger partial charge in [0.05, 0.1) is 11.4 Å². The predicted octanol–water partition coefficient (Wildman–Crippen LogP) is 6.67. The fraction of sp³-hybridized carbons (Fsp3) is 0.0690. The molecule has 3 heterocycles. The van der Waals surface area contributed by atoms with Gasteiger partial charge in [-0.3, -0.25) is 14.5 Å². The average molecular weight is 425 g/mol. The molecule has 33 heavy (non-hydrogen) atoms. The second kappa shape index (κ2) is 7.10. The first-order valence-electron chi connectivity index (χ1n) is 11.2. The summed E-state index contributed by atoms with van der Waals surface area (Å²) >= 11 is 0. The summed E-state index contributed by atoms with van der Waals surface area (Å²) in [7, 11) is 0. The zero-order valence-electron chi connectivity index (χ0n) is 17.9. The summed E-state index contributed by atoms with van der Waals surface area (Å²) in [5, 5.41) is 2.45. The van der Waals surface area contributed by atoms with Crippen LogP contribution in [-0.2, 0) is 0 Å². The molecule has 0 saturated heterocycles. The molecule has 1 aliphatic heterocycles. The Morgan fingerprint density at radius 3 is 2.58 bits per heavy atom. The van der Waals surface area contributed by atoms with E-state index in [1.807, 2.05) is 30.9 Å². The molecule has 4 nitrogen and oxygen atoms in total. The molecule has 0 amide bonds. The largest absolute Gasteiger partial charge is 0.295 e. The Bertz CT molecular complexity index is 1590. The second-order valence-corrected chi connectivity index (χ2v) is 8.53. The van der Waals surface area contributed by atoms with Crippen LogP contribution in [0.3, 0.4) is 0 Å². The Balaban J connectivity index is 1.59. The van der Waals surface area contributed by atoms with Crippen LogP contribution in [0.15, 0.2) is 102 Å². The van der Waals surface area contributed by atoms with Gasteiger partial charge in [-0.15, -0.1) is 0 Å². The van der Waals surface area contributed by atoms with Gasteiger partial charge in [-0.1, -0.05) is 60.7 Å². The van der Waals surface area contributed by atoms with Crippen LogP contribution in [0.2, 0.25) is 0 Å². The number of rotatable bonds is 2. The number of nitrogens with zero attached hydrogens (tertiary/aromatic N) is 4. The molecule has 156 valence electrons. The van der Waals surface area contributed by atoms with E-state index < -0.39 is 0 Å². The van der Waals surface area contributed by atoms with Crippen LogP contribution in [0.5, 0.6) is 0 Å². The minimum atomic E-state index is 0.186. The van der Waals surface area contributed by atoms with E-state index in [1.54, 1.807) is 0 Å². The topological polar surface area (TPSA) is 43.1 Å². The monoisotopic (exact) mass is 424 g/mol. The Labute approximate surface area is 191 Å². The normalized spacial score (nSPS) is 16.1. The maximum atomic E-state index is 5.27. The summed E-state index contributed by atoms with van der Waals surface area (Å²) in [6.45, 7) is 0. The summed E-state index contributed by atoms with van der Waals surface area (Å²) in [6.07, 6.45) is 8.67. The highest BCUT2D eigenvalue weighted by atomic mass is 15.1. The third-order valence-electron chi connectivity index (χ3n) is 6.69. The molecule has 1 atom stereocenters. The molecule has 2 aromatic heterocycles. The van der Waals surface area contributed by atoms with Gasteiger partial charge in [0, 0.05) is 53.1 Å². The van der Waals surface area contributed by atoms with Gasteiger partial charge in [-0.05, 0) is 41.0 Å². The molecule has 2 aliphatic rings. The number of fused-ring (bicyclic) bond motifs is 7. The zero-order chi connectivity index (χ0) is 21.8. The fourth-order valence-corrected chi connectivity index (χ4v) is 5.17. The second-order valence-electron chi connectivity index (χ2n) is 8.53. The lowest BCUT2D eigenvalue weighted by Gasteiger charge is -2.29. The van der Waals surface area contributed by atoms with Gasteiger partial charge in [0.2, 0.25) is 0 Å². The van der Waals surface area contributed by atoms with Gasteiger partial charge >= 0.3 is 0 Å². The summed E-state index contributed by atoms with van der Waals surface area (Å²) in [5.74, 6) is 1.15. The Kier molecular flexibility index (Phi) is 3.94. The molecule has 1 unspecified atom stereocenters. The number of allylic oxidation sites excluding steroid dienone is 1. The first-order valence-corrected chi connectivity index (χ1v) is 11.2. The smallest absolute Gasteiger partial charge is 0.145 e. The Morgan fingerprint density at radius 1 is 0.818 bits per heavy atom. The molecular formula is C29H20N4. The molecule has 4 heteroatoms. The van der Waals surface area contributed by atoms with E-state index in [-0.39, 0.29) is 5.92 Å². The number of pyridine rings is 1. The number of imidazole rings is 1. The summed E-state index contributed by atoms with van der Waals surface area (Å²) in [6, 6.07) is 27.7. The van der Waals surface area contributed by atoms with Crippen LogP contribution < -0.4 is 0 Å². The van der Waals surface area contributed by atoms with Crippen LogP contribution in [-0.4, -0.2) is 20.7 Å².